The first kappa shape index (κ1) is 26.3. The molecule has 2 aromatic rings. The minimum absolute atomic E-state index is 0.0100. The van der Waals surface area contributed by atoms with Crippen LogP contribution in [0.1, 0.15) is 63.0 Å². The summed E-state index contributed by atoms with van der Waals surface area (Å²) in [6.45, 7) is 5.61. The summed E-state index contributed by atoms with van der Waals surface area (Å²) in [5.74, 6) is -0.993. The molecule has 2 aromatic carbocycles. The Labute approximate surface area is 224 Å². The van der Waals surface area contributed by atoms with Crippen LogP contribution in [0.15, 0.2) is 63.4 Å². The van der Waals surface area contributed by atoms with Crippen LogP contribution in [0, 0.1) is 0 Å². The SMILES string of the molecule is CCC(C)OC(=O)C1=C(C)NC2=C(C(=O)CC(c3ccc(Cl)cc3)C2)C1c1cc(Br)c(O)c(OC)c1. The molecule has 6 nitrogen and oxygen atoms in total. The molecule has 36 heavy (non-hydrogen) atoms. The number of phenols is 1. The van der Waals surface area contributed by atoms with Crippen molar-refractivity contribution in [3.8, 4) is 11.5 Å². The van der Waals surface area contributed by atoms with Crippen molar-refractivity contribution in [3.05, 3.63) is 79.6 Å². The van der Waals surface area contributed by atoms with Crippen molar-refractivity contribution in [1.82, 2.24) is 5.32 Å². The average Bonchev–Trinajstić information content (AvgIpc) is 2.84. The maximum absolute atomic E-state index is 13.7. The number of methoxy groups -OCH3 is 1. The van der Waals surface area contributed by atoms with Crippen molar-refractivity contribution in [1.29, 1.82) is 0 Å². The molecule has 3 atom stereocenters. The zero-order valence-corrected chi connectivity index (χ0v) is 23.0. The van der Waals surface area contributed by atoms with Crippen LogP contribution in [0.5, 0.6) is 11.5 Å². The number of carbonyl (C=O) groups excluding carboxylic acids is 2. The highest BCUT2D eigenvalue weighted by molar-refractivity contribution is 9.10. The molecule has 8 heteroatoms. The Hall–Kier alpha value is -2.77. The summed E-state index contributed by atoms with van der Waals surface area (Å²) in [5, 5.41) is 14.4. The maximum Gasteiger partial charge on any atom is 0.337 e. The zero-order chi connectivity index (χ0) is 26.1. The van der Waals surface area contributed by atoms with Gasteiger partial charge in [0.2, 0.25) is 0 Å². The lowest BCUT2D eigenvalue weighted by Gasteiger charge is -2.37. The molecule has 0 saturated carbocycles. The lowest BCUT2D eigenvalue weighted by molar-refractivity contribution is -0.144. The number of esters is 1. The number of phenolic OH excluding ortho intramolecular Hbond substituents is 1. The van der Waals surface area contributed by atoms with Crippen molar-refractivity contribution >= 4 is 39.3 Å². The summed E-state index contributed by atoms with van der Waals surface area (Å²) < 4.78 is 11.5. The minimum atomic E-state index is -0.665. The smallest absolute Gasteiger partial charge is 0.337 e. The first-order valence-electron chi connectivity index (χ1n) is 11.9. The third-order valence-corrected chi connectivity index (χ3v) is 7.73. The molecule has 1 aliphatic carbocycles. The third kappa shape index (κ3) is 5.04. The summed E-state index contributed by atoms with van der Waals surface area (Å²) in [6.07, 6.45) is 1.32. The van der Waals surface area contributed by atoms with Crippen LogP contribution < -0.4 is 10.1 Å². The van der Waals surface area contributed by atoms with Crippen LogP contribution in [0.3, 0.4) is 0 Å². The number of aromatic hydroxyl groups is 1. The highest BCUT2D eigenvalue weighted by atomic mass is 79.9. The van der Waals surface area contributed by atoms with E-state index in [9.17, 15) is 14.7 Å². The number of benzene rings is 2. The predicted octanol–water partition coefficient (Wildman–Crippen LogP) is 6.52. The molecule has 4 rings (SSSR count). The number of Topliss-reactive ketones (excluding diaryl/α,β-unsaturated/α-hetero) is 1. The van der Waals surface area contributed by atoms with Crippen LogP contribution in [0.2, 0.25) is 5.02 Å². The van der Waals surface area contributed by atoms with Gasteiger partial charge in [0.25, 0.3) is 0 Å². The molecule has 3 unspecified atom stereocenters. The van der Waals surface area contributed by atoms with Gasteiger partial charge in [0.15, 0.2) is 17.3 Å². The Morgan fingerprint density at radius 3 is 2.56 bits per heavy atom. The second kappa shape index (κ2) is 10.7. The molecule has 0 radical (unpaired) electrons. The quantitative estimate of drug-likeness (QED) is 0.382. The molecule has 190 valence electrons. The molecular weight excluding hydrogens is 546 g/mol. The van der Waals surface area contributed by atoms with Crippen molar-refractivity contribution in [3.63, 3.8) is 0 Å². The van der Waals surface area contributed by atoms with Gasteiger partial charge in [-0.2, -0.15) is 0 Å². The molecule has 2 aliphatic rings. The second-order valence-electron chi connectivity index (χ2n) is 9.25. The largest absolute Gasteiger partial charge is 0.503 e. The number of rotatable bonds is 6. The van der Waals surface area contributed by atoms with Gasteiger partial charge in [-0.1, -0.05) is 30.7 Å². The van der Waals surface area contributed by atoms with Gasteiger partial charge in [-0.25, -0.2) is 4.79 Å². The van der Waals surface area contributed by atoms with Gasteiger partial charge in [0, 0.05) is 34.3 Å². The Kier molecular flexibility index (Phi) is 7.81. The van der Waals surface area contributed by atoms with Gasteiger partial charge in [-0.3, -0.25) is 4.79 Å². The first-order chi connectivity index (χ1) is 17.1. The predicted molar refractivity (Wildman–Crippen MR) is 142 cm³/mol. The Morgan fingerprint density at radius 2 is 1.92 bits per heavy atom. The topological polar surface area (TPSA) is 84.9 Å². The number of allylic oxidation sites excluding steroid dienone is 3. The van der Waals surface area contributed by atoms with Gasteiger partial charge in [-0.15, -0.1) is 0 Å². The fraction of sp³-hybridized carbons (Fsp3) is 0.357. The van der Waals surface area contributed by atoms with Gasteiger partial charge in [-0.05, 0) is 83.9 Å². The average molecular weight is 575 g/mol. The fourth-order valence-corrected chi connectivity index (χ4v) is 5.44. The van der Waals surface area contributed by atoms with E-state index in [1.165, 1.54) is 7.11 Å². The van der Waals surface area contributed by atoms with Gasteiger partial charge >= 0.3 is 5.97 Å². The fourth-order valence-electron chi connectivity index (χ4n) is 4.86. The normalized spacial score (nSPS) is 20.6. The Bertz CT molecular complexity index is 1270. The van der Waals surface area contributed by atoms with Crippen LogP contribution >= 0.6 is 27.5 Å². The highest BCUT2D eigenvalue weighted by Crippen LogP contribution is 2.48. The summed E-state index contributed by atoms with van der Waals surface area (Å²) >= 11 is 9.45. The standard InChI is InChI=1S/C28H29BrClNO5/c1-5-14(2)36-28(34)24-15(3)31-21-11-17(16-6-8-19(30)9-7-16)12-22(32)26(21)25(24)18-10-20(29)27(33)23(13-18)35-4/h6-10,13-14,17,25,31,33H,5,11-12H2,1-4H3. The van der Waals surface area contributed by atoms with Crippen molar-refractivity contribution in [2.45, 2.75) is 58.0 Å². The Morgan fingerprint density at radius 1 is 1.22 bits per heavy atom. The monoisotopic (exact) mass is 573 g/mol. The van der Waals surface area contributed by atoms with Gasteiger partial charge < -0.3 is 19.9 Å². The lowest BCUT2D eigenvalue weighted by Crippen LogP contribution is -2.36. The van der Waals surface area contributed by atoms with Crippen molar-refractivity contribution in [2.24, 2.45) is 0 Å². The number of carbonyl (C=O) groups is 2. The van der Waals surface area contributed by atoms with E-state index in [1.807, 2.05) is 45.0 Å². The number of nitrogens with one attached hydrogen (secondary N) is 1. The van der Waals surface area contributed by atoms with Crippen LogP contribution in [0.4, 0.5) is 0 Å². The zero-order valence-electron chi connectivity index (χ0n) is 20.7. The second-order valence-corrected chi connectivity index (χ2v) is 10.5. The molecule has 0 fully saturated rings. The number of hydrogen-bond acceptors (Lipinski definition) is 6. The number of hydrogen-bond donors (Lipinski definition) is 2. The van der Waals surface area contributed by atoms with E-state index < -0.39 is 11.9 Å². The molecule has 0 spiro atoms. The molecule has 0 amide bonds. The van der Waals surface area contributed by atoms with E-state index in [0.29, 0.717) is 51.2 Å². The number of halogens is 2. The molecule has 0 saturated heterocycles. The summed E-state index contributed by atoms with van der Waals surface area (Å²) in [5.41, 5.74) is 4.04. The number of ether oxygens (including phenoxy) is 2. The van der Waals surface area contributed by atoms with Crippen LogP contribution in [-0.4, -0.2) is 30.1 Å². The Balaban J connectivity index is 1.84. The summed E-state index contributed by atoms with van der Waals surface area (Å²) in [6, 6.07) is 11.0. The molecule has 0 aromatic heterocycles. The molecular formula is C28H29BrClNO5. The molecule has 0 bridgehead atoms. The molecule has 1 heterocycles. The maximum atomic E-state index is 13.7. The molecule has 2 N–H and O–H groups in total. The highest BCUT2D eigenvalue weighted by Gasteiger charge is 2.42. The van der Waals surface area contributed by atoms with Crippen LogP contribution in [-0.2, 0) is 14.3 Å². The van der Waals surface area contributed by atoms with Crippen LogP contribution in [0.25, 0.3) is 0 Å². The summed E-state index contributed by atoms with van der Waals surface area (Å²) in [4.78, 5) is 27.1. The summed E-state index contributed by atoms with van der Waals surface area (Å²) in [7, 11) is 1.46. The van der Waals surface area contributed by atoms with E-state index >= 15 is 0 Å². The minimum Gasteiger partial charge on any atom is -0.503 e. The van der Waals surface area contributed by atoms with Gasteiger partial charge in [0.1, 0.15) is 0 Å². The van der Waals surface area contributed by atoms with Crippen molar-refractivity contribution < 1.29 is 24.2 Å². The van der Waals surface area contributed by atoms with E-state index in [-0.39, 0.29) is 29.3 Å². The number of ketones is 1. The van der Waals surface area contributed by atoms with E-state index in [2.05, 4.69) is 21.2 Å². The number of dihydropyridines is 1. The molecule has 1 aliphatic heterocycles. The lowest BCUT2D eigenvalue weighted by atomic mass is 9.71. The van der Waals surface area contributed by atoms with E-state index in [1.54, 1.807) is 12.1 Å². The van der Waals surface area contributed by atoms with Gasteiger partial charge in [0.05, 0.1) is 23.3 Å². The third-order valence-electron chi connectivity index (χ3n) is 6.88. The van der Waals surface area contributed by atoms with E-state index in [4.69, 9.17) is 21.1 Å². The van der Waals surface area contributed by atoms with Crippen molar-refractivity contribution in [2.75, 3.05) is 7.11 Å². The van der Waals surface area contributed by atoms with E-state index in [0.717, 1.165) is 11.3 Å². The first-order valence-corrected chi connectivity index (χ1v) is 13.1.